The molecular formula is C14H8N2O. The molecule has 0 saturated heterocycles. The zero-order valence-electron chi connectivity index (χ0n) is 8.92. The van der Waals surface area contributed by atoms with E-state index < -0.39 is 0 Å². The van der Waals surface area contributed by atoms with Crippen molar-refractivity contribution >= 4 is 17.2 Å². The number of benzene rings is 1. The van der Waals surface area contributed by atoms with Gasteiger partial charge in [-0.2, -0.15) is 0 Å². The molecule has 3 aliphatic rings. The quantitative estimate of drug-likeness (QED) is 0.660. The third-order valence-corrected chi connectivity index (χ3v) is 3.38. The SMILES string of the molecule is O=C1c2cccc3c2C(=C2C=CC=C[C@@H]12)N=N3. The second kappa shape index (κ2) is 2.88. The summed E-state index contributed by atoms with van der Waals surface area (Å²) in [7, 11) is 0. The molecule has 1 atom stereocenters. The average molecular weight is 220 g/mol. The lowest BCUT2D eigenvalue weighted by molar-refractivity contribution is 0.0959. The van der Waals surface area contributed by atoms with Crippen LogP contribution in [0.5, 0.6) is 0 Å². The lowest BCUT2D eigenvalue weighted by Crippen LogP contribution is -2.21. The molecule has 1 aliphatic heterocycles. The zero-order chi connectivity index (χ0) is 11.4. The van der Waals surface area contributed by atoms with E-state index in [9.17, 15) is 4.79 Å². The Labute approximate surface area is 97.9 Å². The third-order valence-electron chi connectivity index (χ3n) is 3.38. The summed E-state index contributed by atoms with van der Waals surface area (Å²) < 4.78 is 0. The fourth-order valence-corrected chi connectivity index (χ4v) is 2.60. The van der Waals surface area contributed by atoms with Crippen LogP contribution in [0.2, 0.25) is 0 Å². The lowest BCUT2D eigenvalue weighted by Gasteiger charge is -2.23. The van der Waals surface area contributed by atoms with E-state index in [2.05, 4.69) is 10.2 Å². The van der Waals surface area contributed by atoms with Crippen LogP contribution in [0.4, 0.5) is 5.69 Å². The number of hydrogen-bond acceptors (Lipinski definition) is 3. The Bertz CT molecular complexity index is 677. The summed E-state index contributed by atoms with van der Waals surface area (Å²) in [6, 6.07) is 5.62. The Morgan fingerprint density at radius 2 is 2.06 bits per heavy atom. The minimum Gasteiger partial charge on any atom is -0.293 e. The van der Waals surface area contributed by atoms with Gasteiger partial charge in [0.05, 0.1) is 11.6 Å². The Balaban J connectivity index is 2.13. The number of azo groups is 1. The summed E-state index contributed by atoms with van der Waals surface area (Å²) in [6.07, 6.45) is 7.73. The minimum absolute atomic E-state index is 0.147. The summed E-state index contributed by atoms with van der Waals surface area (Å²) in [5.41, 5.74) is 4.29. The van der Waals surface area contributed by atoms with Crippen molar-refractivity contribution in [3.8, 4) is 0 Å². The molecule has 0 spiro atoms. The van der Waals surface area contributed by atoms with E-state index in [4.69, 9.17) is 0 Å². The molecule has 1 heterocycles. The molecule has 1 aromatic carbocycles. The molecular weight excluding hydrogens is 212 g/mol. The van der Waals surface area contributed by atoms with Gasteiger partial charge in [0.2, 0.25) is 0 Å². The van der Waals surface area contributed by atoms with Gasteiger partial charge in [-0.3, -0.25) is 4.79 Å². The van der Waals surface area contributed by atoms with E-state index in [0.29, 0.717) is 0 Å². The van der Waals surface area contributed by atoms with Crippen molar-refractivity contribution in [2.24, 2.45) is 16.1 Å². The van der Waals surface area contributed by atoms with Crippen molar-refractivity contribution in [1.82, 2.24) is 0 Å². The first-order chi connectivity index (χ1) is 8.36. The molecule has 0 unspecified atom stereocenters. The number of carbonyl (C=O) groups is 1. The topological polar surface area (TPSA) is 41.8 Å². The maximum atomic E-state index is 12.4. The van der Waals surface area contributed by atoms with Crippen molar-refractivity contribution in [2.45, 2.75) is 0 Å². The smallest absolute Gasteiger partial charge is 0.174 e. The van der Waals surface area contributed by atoms with Crippen LogP contribution in [-0.2, 0) is 0 Å². The van der Waals surface area contributed by atoms with E-state index in [0.717, 1.165) is 28.1 Å². The van der Waals surface area contributed by atoms with E-state index in [1.807, 2.05) is 42.5 Å². The molecule has 0 aromatic heterocycles. The van der Waals surface area contributed by atoms with Crippen molar-refractivity contribution < 1.29 is 4.79 Å². The highest BCUT2D eigenvalue weighted by molar-refractivity contribution is 6.11. The van der Waals surface area contributed by atoms with Crippen molar-refractivity contribution in [3.63, 3.8) is 0 Å². The van der Waals surface area contributed by atoms with Crippen LogP contribution in [0.15, 0.2) is 58.3 Å². The highest BCUT2D eigenvalue weighted by Crippen LogP contribution is 2.46. The van der Waals surface area contributed by atoms with Gasteiger partial charge in [-0.05, 0) is 11.6 Å². The normalized spacial score (nSPS) is 23.1. The fourth-order valence-electron chi connectivity index (χ4n) is 2.60. The van der Waals surface area contributed by atoms with E-state index in [-0.39, 0.29) is 11.7 Å². The molecule has 1 aromatic rings. The molecule has 0 radical (unpaired) electrons. The van der Waals surface area contributed by atoms with Gasteiger partial charge in [0.25, 0.3) is 0 Å². The van der Waals surface area contributed by atoms with Crippen LogP contribution in [0.3, 0.4) is 0 Å². The maximum absolute atomic E-state index is 12.4. The molecule has 80 valence electrons. The molecule has 3 heteroatoms. The largest absolute Gasteiger partial charge is 0.293 e. The van der Waals surface area contributed by atoms with Crippen LogP contribution < -0.4 is 0 Å². The Hall–Kier alpha value is -2.29. The van der Waals surface area contributed by atoms with E-state index in [1.165, 1.54) is 0 Å². The molecule has 0 fully saturated rings. The van der Waals surface area contributed by atoms with Crippen LogP contribution in [0.1, 0.15) is 15.9 Å². The Morgan fingerprint density at radius 1 is 1.12 bits per heavy atom. The number of ketones is 1. The molecule has 0 bridgehead atoms. The monoisotopic (exact) mass is 220 g/mol. The first-order valence-corrected chi connectivity index (χ1v) is 5.54. The second-order valence-electron chi connectivity index (χ2n) is 4.29. The van der Waals surface area contributed by atoms with E-state index in [1.54, 1.807) is 0 Å². The number of carbonyl (C=O) groups excluding carboxylic acids is 1. The zero-order valence-corrected chi connectivity index (χ0v) is 8.92. The minimum atomic E-state index is -0.185. The highest BCUT2D eigenvalue weighted by Gasteiger charge is 2.35. The summed E-state index contributed by atoms with van der Waals surface area (Å²) in [4.78, 5) is 12.4. The highest BCUT2D eigenvalue weighted by atomic mass is 16.1. The number of rotatable bonds is 0. The molecule has 2 aliphatic carbocycles. The molecule has 4 rings (SSSR count). The van der Waals surface area contributed by atoms with Gasteiger partial charge in [0.1, 0.15) is 5.70 Å². The number of hydrogen-bond donors (Lipinski definition) is 0. The van der Waals surface area contributed by atoms with Gasteiger partial charge in [0, 0.05) is 11.1 Å². The first kappa shape index (κ1) is 8.82. The molecule has 3 nitrogen and oxygen atoms in total. The maximum Gasteiger partial charge on any atom is 0.174 e. The van der Waals surface area contributed by atoms with Gasteiger partial charge < -0.3 is 0 Å². The van der Waals surface area contributed by atoms with Crippen molar-refractivity contribution in [3.05, 3.63) is 59.2 Å². The average Bonchev–Trinajstić information content (AvgIpc) is 2.81. The lowest BCUT2D eigenvalue weighted by atomic mass is 9.78. The molecule has 0 N–H and O–H groups in total. The fraction of sp³-hybridized carbons (Fsp3) is 0.0714. The van der Waals surface area contributed by atoms with Gasteiger partial charge in [-0.25, -0.2) is 0 Å². The van der Waals surface area contributed by atoms with Crippen LogP contribution >= 0.6 is 0 Å². The number of fused-ring (bicyclic) bond motifs is 1. The van der Waals surface area contributed by atoms with Crippen LogP contribution in [-0.4, -0.2) is 5.78 Å². The van der Waals surface area contributed by atoms with Gasteiger partial charge in [-0.1, -0.05) is 36.4 Å². The number of nitrogens with zero attached hydrogens (tertiary/aromatic N) is 2. The van der Waals surface area contributed by atoms with Crippen LogP contribution in [0, 0.1) is 5.92 Å². The van der Waals surface area contributed by atoms with E-state index >= 15 is 0 Å². The summed E-state index contributed by atoms with van der Waals surface area (Å²) >= 11 is 0. The standard InChI is InChI=1S/C14H8N2O/c17-14-9-5-2-1-4-8(9)13-12-10(14)6-3-7-11(12)15-16-13/h1-7,9H/t9-/m1/s1. The Kier molecular flexibility index (Phi) is 1.50. The predicted octanol–water partition coefficient (Wildman–Crippen LogP) is 3.43. The Morgan fingerprint density at radius 3 is 3.00 bits per heavy atom. The molecule has 17 heavy (non-hydrogen) atoms. The van der Waals surface area contributed by atoms with Crippen molar-refractivity contribution in [1.29, 1.82) is 0 Å². The third kappa shape index (κ3) is 0.984. The number of Topliss-reactive ketones (excluding diaryl/α,β-unsaturated/α-hetero) is 1. The summed E-state index contributed by atoms with van der Waals surface area (Å²) in [6.45, 7) is 0. The van der Waals surface area contributed by atoms with Crippen LogP contribution in [0.25, 0.3) is 5.70 Å². The first-order valence-electron chi connectivity index (χ1n) is 5.54. The summed E-state index contributed by atoms with van der Waals surface area (Å²) in [5, 5.41) is 8.36. The predicted molar refractivity (Wildman–Crippen MR) is 64.0 cm³/mol. The number of allylic oxidation sites excluding steroid dienone is 5. The van der Waals surface area contributed by atoms with Crippen molar-refractivity contribution in [2.75, 3.05) is 0 Å². The van der Waals surface area contributed by atoms with Gasteiger partial charge >= 0.3 is 0 Å². The molecule has 0 saturated carbocycles. The van der Waals surface area contributed by atoms with Gasteiger partial charge in [0.15, 0.2) is 5.78 Å². The summed E-state index contributed by atoms with van der Waals surface area (Å²) in [5.74, 6) is -0.0386. The van der Waals surface area contributed by atoms with Gasteiger partial charge in [-0.15, -0.1) is 10.2 Å². The molecule has 0 amide bonds. The second-order valence-corrected chi connectivity index (χ2v) is 4.29.